The Balaban J connectivity index is 1.97. The van der Waals surface area contributed by atoms with E-state index < -0.39 is 5.60 Å². The number of fused-ring (bicyclic) bond motifs is 1. The molecule has 0 aliphatic heterocycles. The second-order valence-corrected chi connectivity index (χ2v) is 5.21. The summed E-state index contributed by atoms with van der Waals surface area (Å²) in [5.74, 6) is -0.641. The number of aliphatic hydroxyl groups is 1. The second-order valence-electron chi connectivity index (χ2n) is 5.21. The molecule has 0 amide bonds. The number of Topliss-reactive ketones (excluding diaryl/α,β-unsaturated/α-hetero) is 1. The van der Waals surface area contributed by atoms with Crippen LogP contribution in [0.4, 0.5) is 4.39 Å². The number of ketones is 1. The predicted molar refractivity (Wildman–Crippen MR) is 68.5 cm³/mol. The molecule has 0 unspecified atom stereocenters. The molecule has 1 N–H and O–H groups in total. The molecule has 19 heavy (non-hydrogen) atoms. The third kappa shape index (κ3) is 2.16. The van der Waals surface area contributed by atoms with Crippen molar-refractivity contribution in [3.05, 3.63) is 35.8 Å². The maximum Gasteiger partial charge on any atom is 0.229 e. The van der Waals surface area contributed by atoms with Gasteiger partial charge in [-0.25, -0.2) is 4.39 Å². The highest BCUT2D eigenvalue weighted by Crippen LogP contribution is 2.32. The van der Waals surface area contributed by atoms with Gasteiger partial charge in [-0.1, -0.05) is 19.3 Å². The van der Waals surface area contributed by atoms with Crippen LogP contribution in [0.1, 0.15) is 42.7 Å². The number of furan rings is 1. The lowest BCUT2D eigenvalue weighted by atomic mass is 9.81. The van der Waals surface area contributed by atoms with Crippen LogP contribution in [0.2, 0.25) is 0 Å². The Hall–Kier alpha value is -1.68. The fourth-order valence-corrected chi connectivity index (χ4v) is 2.72. The van der Waals surface area contributed by atoms with Crippen molar-refractivity contribution in [2.45, 2.75) is 37.7 Å². The van der Waals surface area contributed by atoms with Crippen molar-refractivity contribution in [3.8, 4) is 0 Å². The number of carbonyl (C=O) groups is 1. The molecule has 0 bridgehead atoms. The van der Waals surface area contributed by atoms with Gasteiger partial charge in [0.15, 0.2) is 5.76 Å². The van der Waals surface area contributed by atoms with Crippen LogP contribution in [-0.2, 0) is 0 Å². The zero-order chi connectivity index (χ0) is 13.5. The summed E-state index contributed by atoms with van der Waals surface area (Å²) in [5, 5.41) is 10.9. The molecule has 0 radical (unpaired) electrons. The fraction of sp³-hybridized carbons (Fsp3) is 0.400. The Morgan fingerprint density at radius 3 is 2.68 bits per heavy atom. The minimum Gasteiger partial charge on any atom is -0.453 e. The summed E-state index contributed by atoms with van der Waals surface area (Å²) in [5.41, 5.74) is -0.853. The average molecular weight is 262 g/mol. The first-order valence-electron chi connectivity index (χ1n) is 6.55. The van der Waals surface area contributed by atoms with Crippen LogP contribution >= 0.6 is 0 Å². The smallest absolute Gasteiger partial charge is 0.229 e. The molecule has 1 fully saturated rings. The first kappa shape index (κ1) is 12.4. The van der Waals surface area contributed by atoms with Crippen LogP contribution in [0.3, 0.4) is 0 Å². The maximum atomic E-state index is 13.1. The van der Waals surface area contributed by atoms with Gasteiger partial charge in [-0.15, -0.1) is 0 Å². The van der Waals surface area contributed by atoms with Gasteiger partial charge in [0.1, 0.15) is 17.0 Å². The van der Waals surface area contributed by atoms with Gasteiger partial charge in [0.2, 0.25) is 5.78 Å². The SMILES string of the molecule is O=C(c1cc2cc(F)ccc2o1)C1(O)CCCCC1. The van der Waals surface area contributed by atoms with Crippen molar-refractivity contribution in [1.82, 2.24) is 0 Å². The molecule has 100 valence electrons. The number of hydrogen-bond donors (Lipinski definition) is 1. The van der Waals surface area contributed by atoms with E-state index in [9.17, 15) is 14.3 Å². The van der Waals surface area contributed by atoms with E-state index in [1.807, 2.05) is 0 Å². The van der Waals surface area contributed by atoms with Crippen LogP contribution in [-0.4, -0.2) is 16.5 Å². The van der Waals surface area contributed by atoms with Gasteiger partial charge in [0, 0.05) is 5.39 Å². The molecule has 1 saturated carbocycles. The summed E-state index contributed by atoms with van der Waals surface area (Å²) in [6, 6.07) is 5.61. The van der Waals surface area contributed by atoms with E-state index in [1.165, 1.54) is 24.3 Å². The molecule has 1 heterocycles. The molecule has 2 aromatic rings. The molecule has 4 heteroatoms. The molecular weight excluding hydrogens is 247 g/mol. The predicted octanol–water partition coefficient (Wildman–Crippen LogP) is 3.45. The number of carbonyl (C=O) groups excluding carboxylic acids is 1. The van der Waals surface area contributed by atoms with E-state index in [-0.39, 0.29) is 17.4 Å². The van der Waals surface area contributed by atoms with E-state index in [0.717, 1.165) is 19.3 Å². The van der Waals surface area contributed by atoms with Gasteiger partial charge in [-0.3, -0.25) is 4.79 Å². The summed E-state index contributed by atoms with van der Waals surface area (Å²) in [6.07, 6.45) is 3.67. The summed E-state index contributed by atoms with van der Waals surface area (Å²) in [4.78, 5) is 12.3. The Kier molecular flexibility index (Phi) is 2.90. The molecule has 1 aromatic carbocycles. The van der Waals surface area contributed by atoms with Crippen LogP contribution in [0.15, 0.2) is 28.7 Å². The highest BCUT2D eigenvalue weighted by molar-refractivity contribution is 6.02. The van der Waals surface area contributed by atoms with Gasteiger partial charge in [0.25, 0.3) is 0 Å². The van der Waals surface area contributed by atoms with Gasteiger partial charge in [-0.2, -0.15) is 0 Å². The van der Waals surface area contributed by atoms with Gasteiger partial charge in [-0.05, 0) is 37.1 Å². The topological polar surface area (TPSA) is 50.4 Å². The van der Waals surface area contributed by atoms with E-state index in [0.29, 0.717) is 23.8 Å². The van der Waals surface area contributed by atoms with Crippen molar-refractivity contribution in [3.63, 3.8) is 0 Å². The highest BCUT2D eigenvalue weighted by Gasteiger charge is 2.39. The van der Waals surface area contributed by atoms with E-state index in [1.54, 1.807) is 0 Å². The van der Waals surface area contributed by atoms with E-state index in [4.69, 9.17) is 4.42 Å². The van der Waals surface area contributed by atoms with Gasteiger partial charge < -0.3 is 9.52 Å². The largest absolute Gasteiger partial charge is 0.453 e. The van der Waals surface area contributed by atoms with Crippen molar-refractivity contribution in [1.29, 1.82) is 0 Å². The third-order valence-electron chi connectivity index (χ3n) is 3.81. The number of benzene rings is 1. The first-order chi connectivity index (χ1) is 9.08. The molecule has 3 rings (SSSR count). The standard InChI is InChI=1S/C15H15FO3/c16-11-4-5-12-10(8-11)9-13(19-12)14(17)15(18)6-2-1-3-7-15/h4-5,8-9,18H,1-3,6-7H2. The number of rotatable bonds is 2. The minimum atomic E-state index is -1.31. The summed E-state index contributed by atoms with van der Waals surface area (Å²) >= 11 is 0. The zero-order valence-electron chi connectivity index (χ0n) is 10.5. The third-order valence-corrected chi connectivity index (χ3v) is 3.81. The normalized spacial score (nSPS) is 18.6. The van der Waals surface area contributed by atoms with Gasteiger partial charge >= 0.3 is 0 Å². The zero-order valence-corrected chi connectivity index (χ0v) is 10.5. The number of halogens is 1. The lowest BCUT2D eigenvalue weighted by Crippen LogP contribution is -2.40. The van der Waals surface area contributed by atoms with Crippen molar-refractivity contribution in [2.75, 3.05) is 0 Å². The van der Waals surface area contributed by atoms with Crippen LogP contribution in [0, 0.1) is 5.82 Å². The Morgan fingerprint density at radius 2 is 1.95 bits per heavy atom. The maximum absolute atomic E-state index is 13.1. The summed E-state index contributed by atoms with van der Waals surface area (Å²) < 4.78 is 18.5. The lowest BCUT2D eigenvalue weighted by Gasteiger charge is -2.29. The summed E-state index contributed by atoms with van der Waals surface area (Å²) in [6.45, 7) is 0. The highest BCUT2D eigenvalue weighted by atomic mass is 19.1. The second kappa shape index (κ2) is 4.46. The van der Waals surface area contributed by atoms with E-state index >= 15 is 0 Å². The quantitative estimate of drug-likeness (QED) is 0.843. The fourth-order valence-electron chi connectivity index (χ4n) is 2.72. The Bertz CT molecular complexity index is 623. The average Bonchev–Trinajstić information content (AvgIpc) is 2.81. The van der Waals surface area contributed by atoms with Crippen molar-refractivity contribution < 1.29 is 18.7 Å². The summed E-state index contributed by atoms with van der Waals surface area (Å²) in [7, 11) is 0. The number of hydrogen-bond acceptors (Lipinski definition) is 3. The molecule has 1 aromatic heterocycles. The van der Waals surface area contributed by atoms with Crippen molar-refractivity contribution >= 4 is 16.8 Å². The van der Waals surface area contributed by atoms with Gasteiger partial charge in [0.05, 0.1) is 0 Å². The molecule has 0 atom stereocenters. The molecule has 1 aliphatic carbocycles. The molecular formula is C15H15FO3. The molecule has 1 aliphatic rings. The Morgan fingerprint density at radius 1 is 1.21 bits per heavy atom. The van der Waals surface area contributed by atoms with Crippen LogP contribution < -0.4 is 0 Å². The van der Waals surface area contributed by atoms with Crippen molar-refractivity contribution in [2.24, 2.45) is 0 Å². The molecule has 3 nitrogen and oxygen atoms in total. The van der Waals surface area contributed by atoms with Crippen LogP contribution in [0.5, 0.6) is 0 Å². The minimum absolute atomic E-state index is 0.116. The Labute approximate surface area is 110 Å². The first-order valence-corrected chi connectivity index (χ1v) is 6.55. The molecule has 0 saturated heterocycles. The monoisotopic (exact) mass is 262 g/mol. The van der Waals surface area contributed by atoms with E-state index in [2.05, 4.69) is 0 Å². The molecule has 0 spiro atoms. The lowest BCUT2D eigenvalue weighted by molar-refractivity contribution is 0.00945. The van der Waals surface area contributed by atoms with Crippen LogP contribution in [0.25, 0.3) is 11.0 Å².